The molecule has 2 aromatic rings. The zero-order valence-electron chi connectivity index (χ0n) is 27.3. The Bertz CT molecular complexity index is 1520. The van der Waals surface area contributed by atoms with E-state index in [1.807, 2.05) is 21.1 Å². The number of quaternary nitrogens is 1. The number of rotatable bonds is 10. The third-order valence-corrected chi connectivity index (χ3v) is 7.77. The molecular formula is C31H42ClF3N6O6. The molecule has 2 aliphatic rings. The molecule has 260 valence electrons. The van der Waals surface area contributed by atoms with Gasteiger partial charge in [-0.05, 0) is 30.0 Å². The van der Waals surface area contributed by atoms with Crippen LogP contribution in [0, 0.1) is 5.41 Å². The van der Waals surface area contributed by atoms with Crippen molar-refractivity contribution in [2.75, 3.05) is 46.1 Å². The lowest BCUT2D eigenvalue weighted by Crippen LogP contribution is -3.00. The van der Waals surface area contributed by atoms with E-state index in [9.17, 15) is 32.3 Å². The number of anilines is 1. The lowest BCUT2D eigenvalue weighted by Gasteiger charge is -2.32. The van der Waals surface area contributed by atoms with E-state index in [1.54, 1.807) is 13.8 Å². The summed E-state index contributed by atoms with van der Waals surface area (Å²) in [7, 11) is 5.74. The monoisotopic (exact) mass is 686 g/mol. The number of esters is 2. The van der Waals surface area contributed by atoms with Gasteiger partial charge < -0.3 is 42.7 Å². The van der Waals surface area contributed by atoms with E-state index in [0.29, 0.717) is 30.5 Å². The average molecular weight is 687 g/mol. The predicted molar refractivity (Wildman–Crippen MR) is 161 cm³/mol. The highest BCUT2D eigenvalue weighted by Gasteiger charge is 2.45. The number of aromatic nitrogens is 2. The van der Waals surface area contributed by atoms with Gasteiger partial charge in [0.2, 0.25) is 0 Å². The van der Waals surface area contributed by atoms with E-state index >= 15 is 0 Å². The van der Waals surface area contributed by atoms with Gasteiger partial charge in [-0.25, -0.2) is 4.68 Å². The Kier molecular flexibility index (Phi) is 11.4. The second kappa shape index (κ2) is 14.2. The number of ketones is 1. The third-order valence-electron chi connectivity index (χ3n) is 7.77. The number of fused-ring (bicyclic) bond motifs is 1. The van der Waals surface area contributed by atoms with Gasteiger partial charge in [0.05, 0.1) is 50.1 Å². The fraction of sp³-hybridized carbons (Fsp3) is 0.581. The average Bonchev–Trinajstić information content (AvgIpc) is 3.26. The summed E-state index contributed by atoms with van der Waals surface area (Å²) < 4.78 is 54.6. The Morgan fingerprint density at radius 1 is 1.19 bits per heavy atom. The summed E-state index contributed by atoms with van der Waals surface area (Å²) in [6.45, 7) is 6.09. The Labute approximate surface area is 277 Å². The van der Waals surface area contributed by atoms with Crippen molar-refractivity contribution in [3.8, 4) is 5.69 Å². The van der Waals surface area contributed by atoms with Gasteiger partial charge in [0.15, 0.2) is 17.6 Å². The van der Waals surface area contributed by atoms with Crippen LogP contribution in [0.4, 0.5) is 18.9 Å². The van der Waals surface area contributed by atoms with E-state index < -0.39 is 58.7 Å². The summed E-state index contributed by atoms with van der Waals surface area (Å²) in [6.07, 6.45) is -5.69. The van der Waals surface area contributed by atoms with Gasteiger partial charge in [0, 0.05) is 44.6 Å². The minimum Gasteiger partial charge on any atom is -1.00 e. The number of benzene rings is 1. The van der Waals surface area contributed by atoms with Crippen molar-refractivity contribution in [2.24, 2.45) is 11.1 Å². The van der Waals surface area contributed by atoms with Gasteiger partial charge >= 0.3 is 18.1 Å². The first-order valence-corrected chi connectivity index (χ1v) is 15.0. The molecule has 1 aliphatic carbocycles. The molecule has 3 unspecified atom stereocenters. The number of nitrogens with two attached hydrogens (primary N) is 1. The van der Waals surface area contributed by atoms with Crippen molar-refractivity contribution in [1.82, 2.24) is 15.1 Å². The van der Waals surface area contributed by atoms with Crippen molar-refractivity contribution in [3.05, 3.63) is 40.7 Å². The number of primary amides is 1. The van der Waals surface area contributed by atoms with Crippen LogP contribution in [-0.2, 0) is 31.7 Å². The topological polar surface area (TPSA) is 155 Å². The van der Waals surface area contributed by atoms with Crippen LogP contribution < -0.4 is 28.8 Å². The number of nitrogens with zero attached hydrogens (tertiary/aromatic N) is 3. The minimum atomic E-state index is -4.84. The first-order chi connectivity index (χ1) is 21.2. The van der Waals surface area contributed by atoms with Gasteiger partial charge in [-0.1, -0.05) is 13.8 Å². The number of hydrogen-bond donors (Lipinski definition) is 3. The number of alkyl halides is 3. The molecule has 0 saturated carbocycles. The number of carbonyl (C=O) groups excluding carboxylic acids is 4. The van der Waals surface area contributed by atoms with Gasteiger partial charge in [-0.3, -0.25) is 19.2 Å². The quantitative estimate of drug-likeness (QED) is 0.229. The van der Waals surface area contributed by atoms with Gasteiger partial charge in [0.1, 0.15) is 12.6 Å². The van der Waals surface area contributed by atoms with E-state index in [1.165, 1.54) is 25.1 Å². The summed E-state index contributed by atoms with van der Waals surface area (Å²) in [6, 6.07) is 3.94. The third kappa shape index (κ3) is 9.67. The largest absolute Gasteiger partial charge is 1.00 e. The van der Waals surface area contributed by atoms with Crippen LogP contribution in [-0.4, -0.2) is 96.9 Å². The molecule has 2 heterocycles. The minimum absolute atomic E-state index is 0. The Morgan fingerprint density at radius 3 is 2.47 bits per heavy atom. The van der Waals surface area contributed by atoms with Crippen LogP contribution in [0.25, 0.3) is 5.69 Å². The van der Waals surface area contributed by atoms with Crippen molar-refractivity contribution < 1.29 is 58.7 Å². The Balaban J connectivity index is 0.00000600. The molecule has 1 aliphatic heterocycles. The number of halogens is 4. The van der Waals surface area contributed by atoms with Crippen LogP contribution in [0.1, 0.15) is 72.1 Å². The molecule has 1 aromatic heterocycles. The number of ether oxygens (including phenoxy) is 2. The number of hydrogen-bond acceptors (Lipinski definition) is 9. The maximum Gasteiger partial charge on any atom is 0.435 e. The molecule has 12 nitrogen and oxygen atoms in total. The maximum atomic E-state index is 14.0. The summed E-state index contributed by atoms with van der Waals surface area (Å²) in [5.41, 5.74) is 4.09. The van der Waals surface area contributed by atoms with E-state index in [2.05, 4.69) is 15.7 Å². The maximum absolute atomic E-state index is 14.0. The molecule has 4 rings (SSSR count). The standard InChI is InChI=1S/C31H41F3N6O6.ClH/c1-17(41)45-21(16-40(4,5)6)11-26(43)46-20-9-18(14-36-15-20)37-23-10-19(7-8-22(23)29(35)44)39-24-12-30(2,3)13-25(42)27(24)28(38-39)31(32,33)34;/h7-8,10,18,20-21,36H,9,11-16H2,1-6H3,(H2-,35,37,44);1H. The fourth-order valence-electron chi connectivity index (χ4n) is 6.09. The van der Waals surface area contributed by atoms with Crippen molar-refractivity contribution in [1.29, 1.82) is 0 Å². The van der Waals surface area contributed by atoms with E-state index in [0.717, 1.165) is 4.68 Å². The molecule has 4 N–H and O–H groups in total. The second-order valence-corrected chi connectivity index (χ2v) is 13.9. The van der Waals surface area contributed by atoms with Crippen LogP contribution in [0.15, 0.2) is 18.2 Å². The molecule has 1 aromatic carbocycles. The smallest absolute Gasteiger partial charge is 0.435 e. The predicted octanol–water partition coefficient (Wildman–Crippen LogP) is -0.137. The van der Waals surface area contributed by atoms with Crippen molar-refractivity contribution in [2.45, 2.75) is 70.9 Å². The van der Waals surface area contributed by atoms with Crippen LogP contribution >= 0.6 is 0 Å². The lowest BCUT2D eigenvalue weighted by molar-refractivity contribution is -0.873. The summed E-state index contributed by atoms with van der Waals surface area (Å²) in [5, 5.41) is 10.3. The highest BCUT2D eigenvalue weighted by atomic mass is 35.5. The zero-order valence-corrected chi connectivity index (χ0v) is 28.1. The SMILES string of the molecule is CC(=O)OC(CC(=O)OC1CNCC(Nc2cc(-n3nc(C(F)(F)F)c4c3CC(C)(C)CC4=O)ccc2C(N)=O)C1)C[N+](C)(C)C.[Cl-]. The van der Waals surface area contributed by atoms with Crippen molar-refractivity contribution >= 4 is 29.3 Å². The molecular weight excluding hydrogens is 645 g/mol. The number of carbonyl (C=O) groups is 4. The first-order valence-electron chi connectivity index (χ1n) is 15.0. The number of nitrogens with one attached hydrogen (secondary N) is 2. The summed E-state index contributed by atoms with van der Waals surface area (Å²) >= 11 is 0. The van der Waals surface area contributed by atoms with E-state index in [4.69, 9.17) is 15.2 Å². The van der Waals surface area contributed by atoms with Gasteiger partial charge in [-0.2, -0.15) is 18.3 Å². The fourth-order valence-corrected chi connectivity index (χ4v) is 6.09. The highest BCUT2D eigenvalue weighted by Crippen LogP contribution is 2.42. The number of piperidine rings is 1. The van der Waals surface area contributed by atoms with Gasteiger partial charge in [0.25, 0.3) is 5.91 Å². The van der Waals surface area contributed by atoms with Crippen LogP contribution in [0.5, 0.6) is 0 Å². The van der Waals surface area contributed by atoms with Crippen molar-refractivity contribution in [3.63, 3.8) is 0 Å². The summed E-state index contributed by atoms with van der Waals surface area (Å²) in [5.74, 6) is -2.41. The molecule has 0 radical (unpaired) electrons. The molecule has 1 saturated heterocycles. The normalized spacial score (nSPS) is 20.0. The molecule has 1 fully saturated rings. The molecule has 47 heavy (non-hydrogen) atoms. The Hall–Kier alpha value is -3.69. The number of amides is 1. The van der Waals surface area contributed by atoms with E-state index in [-0.39, 0.29) is 60.3 Å². The Morgan fingerprint density at radius 2 is 1.87 bits per heavy atom. The molecule has 3 atom stereocenters. The zero-order chi connectivity index (χ0) is 34.2. The number of Topliss-reactive ketones (excluding diaryl/α,β-unsaturated/α-hetero) is 1. The molecule has 1 amide bonds. The lowest BCUT2D eigenvalue weighted by atomic mass is 9.75. The first kappa shape index (κ1) is 37.8. The van der Waals surface area contributed by atoms with Crippen LogP contribution in [0.2, 0.25) is 0 Å². The molecule has 0 bridgehead atoms. The molecule has 0 spiro atoms. The van der Waals surface area contributed by atoms with Crippen LogP contribution in [0.3, 0.4) is 0 Å². The van der Waals surface area contributed by atoms with Gasteiger partial charge in [-0.15, -0.1) is 0 Å². The summed E-state index contributed by atoms with van der Waals surface area (Å²) in [4.78, 5) is 49.6. The second-order valence-electron chi connectivity index (χ2n) is 13.9. The highest BCUT2D eigenvalue weighted by molar-refractivity contribution is 6.00. The number of likely N-dealkylation sites (N-methyl/N-ethyl adjacent to an activating group) is 1. The molecule has 16 heteroatoms.